The Bertz CT molecular complexity index is 570. The van der Waals surface area contributed by atoms with Gasteiger partial charge < -0.3 is 10.1 Å². The van der Waals surface area contributed by atoms with Gasteiger partial charge in [-0.15, -0.1) is 0 Å². The summed E-state index contributed by atoms with van der Waals surface area (Å²) in [4.78, 5) is 0. The molecule has 1 atom stereocenters. The van der Waals surface area contributed by atoms with Crippen LogP contribution >= 0.6 is 15.9 Å². The van der Waals surface area contributed by atoms with Crippen molar-refractivity contribution in [2.75, 3.05) is 13.2 Å². The average Bonchev–Trinajstić information content (AvgIpc) is 2.46. The Morgan fingerprint density at radius 3 is 2.79 bits per heavy atom. The first kappa shape index (κ1) is 12.7. The van der Waals surface area contributed by atoms with Crippen molar-refractivity contribution in [3.8, 4) is 5.75 Å². The van der Waals surface area contributed by atoms with Gasteiger partial charge in [0.25, 0.3) is 0 Å². The van der Waals surface area contributed by atoms with Crippen LogP contribution in [-0.4, -0.2) is 13.2 Å². The zero-order valence-corrected chi connectivity index (χ0v) is 12.2. The quantitative estimate of drug-likeness (QED) is 0.931. The van der Waals surface area contributed by atoms with Crippen LogP contribution < -0.4 is 10.1 Å². The fourth-order valence-corrected chi connectivity index (χ4v) is 2.88. The Hall–Kier alpha value is -1.32. The second kappa shape index (κ2) is 5.76. The molecule has 0 saturated heterocycles. The fraction of sp³-hybridized carbons (Fsp3) is 0.250. The minimum Gasteiger partial charge on any atom is -0.492 e. The predicted octanol–water partition coefficient (Wildman–Crippen LogP) is 3.71. The minimum atomic E-state index is 0.414. The Morgan fingerprint density at radius 2 is 1.89 bits per heavy atom. The zero-order valence-electron chi connectivity index (χ0n) is 10.6. The van der Waals surface area contributed by atoms with Crippen molar-refractivity contribution in [2.45, 2.75) is 12.5 Å². The van der Waals surface area contributed by atoms with E-state index >= 15 is 0 Å². The van der Waals surface area contributed by atoms with Gasteiger partial charge in [0.15, 0.2) is 0 Å². The molecule has 3 rings (SSSR count). The number of ether oxygens (including phenoxy) is 1. The summed E-state index contributed by atoms with van der Waals surface area (Å²) in [6.07, 6.45) is 0. The van der Waals surface area contributed by atoms with Crippen molar-refractivity contribution in [2.24, 2.45) is 0 Å². The SMILES string of the molecule is Brc1ccccc1OCC1CNCc2ccccc21. The van der Waals surface area contributed by atoms with E-state index in [4.69, 9.17) is 4.74 Å². The Kier molecular flexibility index (Phi) is 3.85. The molecular weight excluding hydrogens is 302 g/mol. The molecule has 1 unspecified atom stereocenters. The summed E-state index contributed by atoms with van der Waals surface area (Å²) in [5, 5.41) is 3.45. The summed E-state index contributed by atoms with van der Waals surface area (Å²) in [5.74, 6) is 1.32. The van der Waals surface area contributed by atoms with Gasteiger partial charge in [-0.05, 0) is 39.2 Å². The molecule has 0 amide bonds. The van der Waals surface area contributed by atoms with E-state index in [1.807, 2.05) is 24.3 Å². The summed E-state index contributed by atoms with van der Waals surface area (Å²) in [5.41, 5.74) is 2.79. The first-order chi connectivity index (χ1) is 9.34. The van der Waals surface area contributed by atoms with Crippen molar-refractivity contribution < 1.29 is 4.74 Å². The van der Waals surface area contributed by atoms with E-state index in [2.05, 4.69) is 45.5 Å². The standard InChI is InChI=1S/C16H16BrNO/c17-15-7-3-4-8-16(15)19-11-13-10-18-9-12-5-1-2-6-14(12)13/h1-8,13,18H,9-11H2. The number of benzene rings is 2. The van der Waals surface area contributed by atoms with E-state index < -0.39 is 0 Å². The third kappa shape index (κ3) is 2.82. The van der Waals surface area contributed by atoms with E-state index in [1.54, 1.807) is 0 Å². The molecule has 0 aliphatic carbocycles. The number of hydrogen-bond donors (Lipinski definition) is 1. The predicted molar refractivity (Wildman–Crippen MR) is 80.5 cm³/mol. The number of rotatable bonds is 3. The lowest BCUT2D eigenvalue weighted by molar-refractivity contribution is 0.276. The summed E-state index contributed by atoms with van der Waals surface area (Å²) in [6, 6.07) is 16.6. The second-order valence-corrected chi connectivity index (χ2v) is 5.62. The van der Waals surface area contributed by atoms with Crippen LogP contribution in [0, 0.1) is 0 Å². The molecule has 0 bridgehead atoms. The van der Waals surface area contributed by atoms with Crippen molar-refractivity contribution in [1.29, 1.82) is 0 Å². The molecule has 1 aliphatic rings. The van der Waals surface area contributed by atoms with Gasteiger partial charge in [-0.1, -0.05) is 36.4 Å². The average molecular weight is 318 g/mol. The maximum absolute atomic E-state index is 5.95. The Labute approximate surface area is 121 Å². The first-order valence-corrected chi connectivity index (χ1v) is 7.30. The van der Waals surface area contributed by atoms with E-state index in [9.17, 15) is 0 Å². The molecule has 2 aromatic rings. The second-order valence-electron chi connectivity index (χ2n) is 4.77. The Balaban J connectivity index is 1.73. The molecule has 1 aliphatic heterocycles. The molecule has 1 heterocycles. The molecule has 1 N–H and O–H groups in total. The zero-order chi connectivity index (χ0) is 13.1. The van der Waals surface area contributed by atoms with Crippen LogP contribution in [0.15, 0.2) is 53.0 Å². The first-order valence-electron chi connectivity index (χ1n) is 6.50. The van der Waals surface area contributed by atoms with E-state index in [0.29, 0.717) is 12.5 Å². The summed E-state index contributed by atoms with van der Waals surface area (Å²) in [6.45, 7) is 2.63. The molecule has 2 nitrogen and oxygen atoms in total. The lowest BCUT2D eigenvalue weighted by atomic mass is 9.91. The molecule has 0 aromatic heterocycles. The highest BCUT2D eigenvalue weighted by Gasteiger charge is 2.20. The highest BCUT2D eigenvalue weighted by molar-refractivity contribution is 9.10. The Morgan fingerprint density at radius 1 is 1.11 bits per heavy atom. The van der Waals surface area contributed by atoms with Crippen LogP contribution in [0.5, 0.6) is 5.75 Å². The van der Waals surface area contributed by atoms with Crippen LogP contribution in [0.2, 0.25) is 0 Å². The van der Waals surface area contributed by atoms with Gasteiger partial charge in [-0.25, -0.2) is 0 Å². The van der Waals surface area contributed by atoms with Gasteiger partial charge in [0.2, 0.25) is 0 Å². The van der Waals surface area contributed by atoms with Gasteiger partial charge in [0.05, 0.1) is 11.1 Å². The highest BCUT2D eigenvalue weighted by atomic mass is 79.9. The number of halogens is 1. The van der Waals surface area contributed by atoms with E-state index in [0.717, 1.165) is 23.3 Å². The normalized spacial score (nSPS) is 17.8. The molecule has 0 fully saturated rings. The smallest absolute Gasteiger partial charge is 0.133 e. The molecule has 19 heavy (non-hydrogen) atoms. The number of para-hydroxylation sites is 1. The highest BCUT2D eigenvalue weighted by Crippen LogP contribution is 2.28. The third-order valence-corrected chi connectivity index (χ3v) is 4.13. The third-order valence-electron chi connectivity index (χ3n) is 3.48. The van der Waals surface area contributed by atoms with Crippen LogP contribution in [0.3, 0.4) is 0 Å². The minimum absolute atomic E-state index is 0.414. The lowest BCUT2D eigenvalue weighted by Gasteiger charge is -2.26. The molecule has 2 aromatic carbocycles. The maximum Gasteiger partial charge on any atom is 0.133 e. The van der Waals surface area contributed by atoms with Crippen molar-refractivity contribution in [1.82, 2.24) is 5.32 Å². The molecule has 3 heteroatoms. The lowest BCUT2D eigenvalue weighted by Crippen LogP contribution is -2.31. The number of nitrogens with one attached hydrogen (secondary N) is 1. The molecule has 0 saturated carbocycles. The van der Waals surface area contributed by atoms with Crippen molar-refractivity contribution >= 4 is 15.9 Å². The van der Waals surface area contributed by atoms with Gasteiger partial charge in [-0.2, -0.15) is 0 Å². The molecule has 0 spiro atoms. The largest absolute Gasteiger partial charge is 0.492 e. The maximum atomic E-state index is 5.95. The number of hydrogen-bond acceptors (Lipinski definition) is 2. The van der Waals surface area contributed by atoms with Crippen LogP contribution in [-0.2, 0) is 6.54 Å². The van der Waals surface area contributed by atoms with Gasteiger partial charge in [0.1, 0.15) is 5.75 Å². The van der Waals surface area contributed by atoms with Gasteiger partial charge in [0, 0.05) is 19.0 Å². The number of fused-ring (bicyclic) bond motifs is 1. The topological polar surface area (TPSA) is 21.3 Å². The van der Waals surface area contributed by atoms with E-state index in [-0.39, 0.29) is 0 Å². The molecule has 98 valence electrons. The van der Waals surface area contributed by atoms with Crippen LogP contribution in [0.25, 0.3) is 0 Å². The van der Waals surface area contributed by atoms with Gasteiger partial charge >= 0.3 is 0 Å². The van der Waals surface area contributed by atoms with Gasteiger partial charge in [-0.3, -0.25) is 0 Å². The summed E-state index contributed by atoms with van der Waals surface area (Å²) >= 11 is 3.51. The molecule has 0 radical (unpaired) electrons. The molecular formula is C16H16BrNO. The van der Waals surface area contributed by atoms with Crippen molar-refractivity contribution in [3.63, 3.8) is 0 Å². The summed E-state index contributed by atoms with van der Waals surface area (Å²) < 4.78 is 6.95. The van der Waals surface area contributed by atoms with Crippen LogP contribution in [0.1, 0.15) is 17.0 Å². The van der Waals surface area contributed by atoms with Crippen molar-refractivity contribution in [3.05, 3.63) is 64.1 Å². The fourth-order valence-electron chi connectivity index (χ4n) is 2.49. The van der Waals surface area contributed by atoms with E-state index in [1.165, 1.54) is 11.1 Å². The monoisotopic (exact) mass is 317 g/mol. The summed E-state index contributed by atoms with van der Waals surface area (Å²) in [7, 11) is 0. The van der Waals surface area contributed by atoms with Crippen LogP contribution in [0.4, 0.5) is 0 Å².